The normalized spacial score (nSPS) is 12.4. The molecule has 1 heterocycles. The molecule has 0 aliphatic rings. The monoisotopic (exact) mass is 278 g/mol. The van der Waals surface area contributed by atoms with Gasteiger partial charge in [-0.2, -0.15) is 4.37 Å². The zero-order valence-electron chi connectivity index (χ0n) is 10.9. The summed E-state index contributed by atoms with van der Waals surface area (Å²) in [6, 6.07) is 7.75. The Bertz CT molecular complexity index is 529. The minimum Gasteiger partial charge on any atom is -0.496 e. The van der Waals surface area contributed by atoms with Crippen molar-refractivity contribution in [3.63, 3.8) is 0 Å². The van der Waals surface area contributed by atoms with Crippen molar-refractivity contribution in [2.24, 2.45) is 11.5 Å². The molecule has 1 atom stereocenters. The Kier molecular flexibility index (Phi) is 4.84. The Balaban J connectivity index is 2.11. The predicted octanol–water partition coefficient (Wildman–Crippen LogP) is 1.49. The summed E-state index contributed by atoms with van der Waals surface area (Å²) in [6.45, 7) is 0.558. The van der Waals surface area contributed by atoms with Gasteiger partial charge in [-0.3, -0.25) is 0 Å². The lowest BCUT2D eigenvalue weighted by atomic mass is 10.1. The molecule has 19 heavy (non-hydrogen) atoms. The summed E-state index contributed by atoms with van der Waals surface area (Å²) in [5.41, 5.74) is 12.5. The lowest BCUT2D eigenvalue weighted by molar-refractivity contribution is 0.410. The van der Waals surface area contributed by atoms with Crippen molar-refractivity contribution in [1.82, 2.24) is 9.36 Å². The number of hydrogen-bond donors (Lipinski definition) is 2. The van der Waals surface area contributed by atoms with Crippen LogP contribution in [-0.4, -0.2) is 23.0 Å². The van der Waals surface area contributed by atoms with Crippen molar-refractivity contribution >= 4 is 11.5 Å². The van der Waals surface area contributed by atoms with Crippen molar-refractivity contribution < 1.29 is 4.74 Å². The molecule has 1 unspecified atom stereocenters. The van der Waals surface area contributed by atoms with Gasteiger partial charge in [0.25, 0.3) is 0 Å². The van der Waals surface area contributed by atoms with Gasteiger partial charge >= 0.3 is 0 Å². The van der Waals surface area contributed by atoms with E-state index in [0.29, 0.717) is 13.0 Å². The molecule has 2 rings (SSSR count). The topological polar surface area (TPSA) is 87.0 Å². The Hall–Kier alpha value is -1.50. The number of hydrogen-bond acceptors (Lipinski definition) is 6. The first-order chi connectivity index (χ1) is 9.24. The summed E-state index contributed by atoms with van der Waals surface area (Å²) in [4.78, 5) is 4.47. The van der Waals surface area contributed by atoms with Gasteiger partial charge in [-0.25, -0.2) is 4.98 Å². The summed E-state index contributed by atoms with van der Waals surface area (Å²) in [7, 11) is 1.66. The van der Waals surface area contributed by atoms with E-state index in [1.807, 2.05) is 24.3 Å². The van der Waals surface area contributed by atoms with Crippen LogP contribution in [0.15, 0.2) is 24.3 Å². The highest BCUT2D eigenvalue weighted by molar-refractivity contribution is 7.05. The van der Waals surface area contributed by atoms with Crippen LogP contribution < -0.4 is 16.2 Å². The van der Waals surface area contributed by atoms with Gasteiger partial charge < -0.3 is 16.2 Å². The predicted molar refractivity (Wildman–Crippen MR) is 76.3 cm³/mol. The van der Waals surface area contributed by atoms with E-state index in [2.05, 4.69) is 9.36 Å². The molecule has 0 bridgehead atoms. The van der Waals surface area contributed by atoms with E-state index in [9.17, 15) is 0 Å². The lowest BCUT2D eigenvalue weighted by Gasteiger charge is -2.06. The molecular weight excluding hydrogens is 260 g/mol. The molecular formula is C13H18N4OS. The van der Waals surface area contributed by atoms with Gasteiger partial charge in [0, 0.05) is 12.0 Å². The van der Waals surface area contributed by atoms with E-state index in [4.69, 9.17) is 16.2 Å². The fourth-order valence-electron chi connectivity index (χ4n) is 1.81. The first kappa shape index (κ1) is 13.9. The maximum absolute atomic E-state index is 5.97. The number of para-hydroxylation sites is 1. The van der Waals surface area contributed by atoms with Crippen LogP contribution in [0.1, 0.15) is 28.9 Å². The average molecular weight is 278 g/mol. The molecule has 0 saturated carbocycles. The van der Waals surface area contributed by atoms with Crippen molar-refractivity contribution in [2.75, 3.05) is 13.7 Å². The third kappa shape index (κ3) is 3.50. The van der Waals surface area contributed by atoms with Crippen molar-refractivity contribution in [3.8, 4) is 5.75 Å². The van der Waals surface area contributed by atoms with Crippen LogP contribution in [0, 0.1) is 0 Å². The molecule has 6 heteroatoms. The first-order valence-electron chi connectivity index (χ1n) is 6.14. The third-order valence-electron chi connectivity index (χ3n) is 2.82. The number of nitrogens with zero attached hydrogens (tertiary/aromatic N) is 2. The molecule has 0 radical (unpaired) electrons. The van der Waals surface area contributed by atoms with Crippen LogP contribution in [0.5, 0.6) is 5.75 Å². The summed E-state index contributed by atoms with van der Waals surface area (Å²) in [5, 5.41) is 0.843. The van der Waals surface area contributed by atoms with Crippen molar-refractivity contribution in [2.45, 2.75) is 18.9 Å². The smallest absolute Gasteiger partial charge is 0.147 e. The number of nitrogens with two attached hydrogens (primary N) is 2. The largest absolute Gasteiger partial charge is 0.496 e. The Morgan fingerprint density at radius 3 is 2.89 bits per heavy atom. The number of benzene rings is 1. The van der Waals surface area contributed by atoms with Crippen LogP contribution in [-0.2, 0) is 6.42 Å². The molecule has 102 valence electrons. The quantitative estimate of drug-likeness (QED) is 0.836. The summed E-state index contributed by atoms with van der Waals surface area (Å²) >= 11 is 1.35. The zero-order valence-corrected chi connectivity index (χ0v) is 11.7. The van der Waals surface area contributed by atoms with Crippen LogP contribution in [0.25, 0.3) is 0 Å². The SMILES string of the molecule is COc1ccccc1Cc1nsc(C(N)CCN)n1. The molecule has 0 amide bonds. The molecule has 5 nitrogen and oxygen atoms in total. The highest BCUT2D eigenvalue weighted by atomic mass is 32.1. The third-order valence-corrected chi connectivity index (χ3v) is 3.70. The van der Waals surface area contributed by atoms with Crippen LogP contribution >= 0.6 is 11.5 Å². The fourth-order valence-corrected chi connectivity index (χ4v) is 2.52. The molecule has 1 aromatic carbocycles. The van der Waals surface area contributed by atoms with Gasteiger partial charge in [0.15, 0.2) is 0 Å². The second-order valence-electron chi connectivity index (χ2n) is 4.22. The van der Waals surface area contributed by atoms with Crippen LogP contribution in [0.2, 0.25) is 0 Å². The Morgan fingerprint density at radius 1 is 1.37 bits per heavy atom. The number of rotatable bonds is 6. The van der Waals surface area contributed by atoms with E-state index in [-0.39, 0.29) is 6.04 Å². The molecule has 4 N–H and O–H groups in total. The zero-order chi connectivity index (χ0) is 13.7. The molecule has 0 spiro atoms. The van der Waals surface area contributed by atoms with E-state index in [1.165, 1.54) is 11.5 Å². The van der Waals surface area contributed by atoms with Gasteiger partial charge in [0.05, 0.1) is 13.2 Å². The average Bonchev–Trinajstić information content (AvgIpc) is 2.88. The minimum atomic E-state index is -0.117. The van der Waals surface area contributed by atoms with E-state index < -0.39 is 0 Å². The second-order valence-corrected chi connectivity index (χ2v) is 5.00. The van der Waals surface area contributed by atoms with Gasteiger partial charge in [-0.15, -0.1) is 0 Å². The van der Waals surface area contributed by atoms with Crippen molar-refractivity contribution in [3.05, 3.63) is 40.7 Å². The van der Waals surface area contributed by atoms with Gasteiger partial charge in [-0.1, -0.05) is 18.2 Å². The van der Waals surface area contributed by atoms with E-state index in [1.54, 1.807) is 7.11 Å². The maximum atomic E-state index is 5.97. The van der Waals surface area contributed by atoms with E-state index >= 15 is 0 Å². The first-order valence-corrected chi connectivity index (χ1v) is 6.92. The summed E-state index contributed by atoms with van der Waals surface area (Å²) in [5.74, 6) is 1.63. The van der Waals surface area contributed by atoms with Crippen molar-refractivity contribution in [1.29, 1.82) is 0 Å². The number of ether oxygens (including phenoxy) is 1. The number of methoxy groups -OCH3 is 1. The summed E-state index contributed by atoms with van der Waals surface area (Å²) in [6.07, 6.45) is 1.37. The van der Waals surface area contributed by atoms with Gasteiger partial charge in [0.2, 0.25) is 0 Å². The molecule has 0 aliphatic carbocycles. The molecule has 0 saturated heterocycles. The highest BCUT2D eigenvalue weighted by Gasteiger charge is 2.13. The molecule has 0 fully saturated rings. The Labute approximate surface area is 116 Å². The Morgan fingerprint density at radius 2 is 2.16 bits per heavy atom. The molecule has 0 aliphatic heterocycles. The molecule has 2 aromatic rings. The lowest BCUT2D eigenvalue weighted by Crippen LogP contribution is -2.15. The number of aromatic nitrogens is 2. The van der Waals surface area contributed by atoms with Crippen LogP contribution in [0.4, 0.5) is 0 Å². The highest BCUT2D eigenvalue weighted by Crippen LogP contribution is 2.22. The van der Waals surface area contributed by atoms with E-state index in [0.717, 1.165) is 28.6 Å². The standard InChI is InChI=1S/C13H18N4OS/c1-18-11-5-3-2-4-9(11)8-12-16-13(19-17-12)10(15)6-7-14/h2-5,10H,6-8,14-15H2,1H3. The second kappa shape index (κ2) is 6.60. The fraction of sp³-hybridized carbons (Fsp3) is 0.385. The molecule has 1 aromatic heterocycles. The minimum absolute atomic E-state index is 0.117. The van der Waals surface area contributed by atoms with Gasteiger partial charge in [-0.05, 0) is 30.6 Å². The van der Waals surface area contributed by atoms with Gasteiger partial charge in [0.1, 0.15) is 16.6 Å². The maximum Gasteiger partial charge on any atom is 0.147 e. The van der Waals surface area contributed by atoms with Crippen LogP contribution in [0.3, 0.4) is 0 Å². The summed E-state index contributed by atoms with van der Waals surface area (Å²) < 4.78 is 9.66.